The number of rotatable bonds is 4. The van der Waals surface area contributed by atoms with E-state index in [2.05, 4.69) is 5.32 Å². The SMILES string of the molecule is FC(F)(F)C[C@H](c1ccccc1SC(F)(F)F)N1CCNCC1. The van der Waals surface area contributed by atoms with Crippen LogP contribution >= 0.6 is 11.8 Å². The first kappa shape index (κ1) is 18.4. The van der Waals surface area contributed by atoms with Crippen LogP contribution in [0.3, 0.4) is 0 Å². The first-order valence-electron chi connectivity index (χ1n) is 7.02. The molecule has 23 heavy (non-hydrogen) atoms. The van der Waals surface area contributed by atoms with Gasteiger partial charge < -0.3 is 5.32 Å². The van der Waals surface area contributed by atoms with Crippen LogP contribution in [0.25, 0.3) is 0 Å². The normalized spacial score (nSPS) is 18.9. The standard InChI is InChI=1S/C14H16F6N2S/c15-13(16,17)9-11(22-7-5-21-6-8-22)10-3-1-2-4-12(10)23-14(18,19)20/h1-4,11,21H,5-9H2/t11-/m1/s1. The van der Waals surface area contributed by atoms with Crippen LogP contribution in [0.5, 0.6) is 0 Å². The molecule has 1 saturated heterocycles. The molecule has 1 aromatic rings. The van der Waals surface area contributed by atoms with E-state index in [9.17, 15) is 26.3 Å². The fourth-order valence-electron chi connectivity index (χ4n) is 2.62. The van der Waals surface area contributed by atoms with Crippen LogP contribution in [0.1, 0.15) is 18.0 Å². The van der Waals surface area contributed by atoms with Crippen LogP contribution in [0.15, 0.2) is 29.2 Å². The summed E-state index contributed by atoms with van der Waals surface area (Å²) in [6.07, 6.45) is -5.62. The lowest BCUT2D eigenvalue weighted by Crippen LogP contribution is -2.46. The summed E-state index contributed by atoms with van der Waals surface area (Å²) in [5, 5.41) is 3.03. The predicted molar refractivity (Wildman–Crippen MR) is 76.2 cm³/mol. The molecule has 130 valence electrons. The van der Waals surface area contributed by atoms with Gasteiger partial charge in [0, 0.05) is 37.1 Å². The Morgan fingerprint density at radius 3 is 2.22 bits per heavy atom. The average Bonchev–Trinajstić information content (AvgIpc) is 2.44. The number of alkyl halides is 6. The van der Waals surface area contributed by atoms with Gasteiger partial charge in [-0.3, -0.25) is 4.90 Å². The molecule has 0 aliphatic carbocycles. The van der Waals surface area contributed by atoms with Gasteiger partial charge in [0.05, 0.1) is 6.42 Å². The second-order valence-corrected chi connectivity index (χ2v) is 6.31. The molecule has 2 rings (SSSR count). The van der Waals surface area contributed by atoms with Crippen LogP contribution < -0.4 is 5.32 Å². The maximum absolute atomic E-state index is 12.9. The van der Waals surface area contributed by atoms with Crippen molar-refractivity contribution < 1.29 is 26.3 Å². The number of hydrogen-bond acceptors (Lipinski definition) is 3. The van der Waals surface area contributed by atoms with Crippen molar-refractivity contribution in [3.05, 3.63) is 29.8 Å². The van der Waals surface area contributed by atoms with E-state index in [1.807, 2.05) is 0 Å². The van der Waals surface area contributed by atoms with Gasteiger partial charge in [-0.1, -0.05) is 18.2 Å². The van der Waals surface area contributed by atoms with Crippen molar-refractivity contribution in [3.63, 3.8) is 0 Å². The summed E-state index contributed by atoms with van der Waals surface area (Å²) in [5.41, 5.74) is -4.46. The molecule has 0 bridgehead atoms. The van der Waals surface area contributed by atoms with E-state index in [1.165, 1.54) is 24.3 Å². The van der Waals surface area contributed by atoms with Gasteiger partial charge in [0.2, 0.25) is 0 Å². The highest BCUT2D eigenvalue weighted by Gasteiger charge is 2.38. The molecule has 2 nitrogen and oxygen atoms in total. The molecule has 1 heterocycles. The zero-order valence-electron chi connectivity index (χ0n) is 12.0. The number of nitrogens with zero attached hydrogens (tertiary/aromatic N) is 1. The largest absolute Gasteiger partial charge is 0.446 e. The van der Waals surface area contributed by atoms with Crippen molar-refractivity contribution in [1.82, 2.24) is 10.2 Å². The number of nitrogens with one attached hydrogen (secondary N) is 1. The van der Waals surface area contributed by atoms with Crippen LogP contribution in [0.4, 0.5) is 26.3 Å². The lowest BCUT2D eigenvalue weighted by Gasteiger charge is -2.36. The van der Waals surface area contributed by atoms with E-state index in [0.717, 1.165) is 0 Å². The highest BCUT2D eigenvalue weighted by molar-refractivity contribution is 8.00. The molecule has 0 unspecified atom stereocenters. The number of piperazine rings is 1. The molecule has 1 fully saturated rings. The van der Waals surface area contributed by atoms with Crippen molar-refractivity contribution in [1.29, 1.82) is 0 Å². The van der Waals surface area contributed by atoms with E-state index in [0.29, 0.717) is 26.2 Å². The van der Waals surface area contributed by atoms with E-state index in [4.69, 9.17) is 0 Å². The van der Waals surface area contributed by atoms with Gasteiger partial charge in [0.15, 0.2) is 0 Å². The van der Waals surface area contributed by atoms with Gasteiger partial charge in [0.25, 0.3) is 0 Å². The summed E-state index contributed by atoms with van der Waals surface area (Å²) in [6.45, 7) is 1.77. The number of thioether (sulfide) groups is 1. The molecule has 1 aromatic carbocycles. The Balaban J connectivity index is 2.34. The molecule has 1 atom stereocenters. The van der Waals surface area contributed by atoms with E-state index < -0.39 is 24.1 Å². The summed E-state index contributed by atoms with van der Waals surface area (Å²) < 4.78 is 76.9. The van der Waals surface area contributed by atoms with Gasteiger partial charge in [0.1, 0.15) is 0 Å². The Morgan fingerprint density at radius 2 is 1.65 bits per heavy atom. The summed E-state index contributed by atoms with van der Waals surface area (Å²) in [7, 11) is 0. The molecule has 0 amide bonds. The minimum atomic E-state index is -4.54. The number of benzene rings is 1. The Labute approximate surface area is 134 Å². The highest BCUT2D eigenvalue weighted by Crippen LogP contribution is 2.43. The van der Waals surface area contributed by atoms with Gasteiger partial charge in [-0.25, -0.2) is 0 Å². The summed E-state index contributed by atoms with van der Waals surface area (Å²) in [6, 6.07) is 4.34. The Kier molecular flexibility index (Phi) is 5.85. The molecule has 0 aromatic heterocycles. The Morgan fingerprint density at radius 1 is 1.04 bits per heavy atom. The molecule has 0 radical (unpaired) electrons. The third-order valence-corrected chi connectivity index (χ3v) is 4.34. The van der Waals surface area contributed by atoms with Crippen LogP contribution in [0.2, 0.25) is 0 Å². The molecule has 0 saturated carbocycles. The van der Waals surface area contributed by atoms with E-state index in [1.54, 1.807) is 4.90 Å². The first-order valence-corrected chi connectivity index (χ1v) is 7.83. The first-order chi connectivity index (χ1) is 10.7. The summed E-state index contributed by atoms with van der Waals surface area (Å²) in [4.78, 5) is 1.42. The topological polar surface area (TPSA) is 15.3 Å². The van der Waals surface area contributed by atoms with Crippen molar-refractivity contribution >= 4 is 11.8 Å². The molecular formula is C14H16F6N2S. The fourth-order valence-corrected chi connectivity index (χ4v) is 3.34. The Hall–Kier alpha value is -0.930. The lowest BCUT2D eigenvalue weighted by molar-refractivity contribution is -0.149. The molecular weight excluding hydrogens is 342 g/mol. The molecule has 1 aliphatic heterocycles. The van der Waals surface area contributed by atoms with Gasteiger partial charge in [-0.15, -0.1) is 0 Å². The number of halogens is 6. The molecule has 1 N–H and O–H groups in total. The van der Waals surface area contributed by atoms with Gasteiger partial charge >= 0.3 is 11.7 Å². The van der Waals surface area contributed by atoms with Crippen molar-refractivity contribution in [2.45, 2.75) is 29.0 Å². The van der Waals surface area contributed by atoms with Crippen molar-refractivity contribution in [3.8, 4) is 0 Å². The zero-order chi connectivity index (χ0) is 17.1. The quantitative estimate of drug-likeness (QED) is 0.642. The second kappa shape index (κ2) is 7.31. The number of hydrogen-bond donors (Lipinski definition) is 1. The maximum Gasteiger partial charge on any atom is 0.446 e. The van der Waals surface area contributed by atoms with Crippen LogP contribution in [0, 0.1) is 0 Å². The maximum atomic E-state index is 12.9. The lowest BCUT2D eigenvalue weighted by atomic mass is 10.0. The van der Waals surface area contributed by atoms with Gasteiger partial charge in [-0.2, -0.15) is 26.3 Å². The van der Waals surface area contributed by atoms with Crippen LogP contribution in [-0.4, -0.2) is 42.8 Å². The molecule has 9 heteroatoms. The summed E-state index contributed by atoms with van der Waals surface area (Å²) in [5.74, 6) is 0. The fraction of sp³-hybridized carbons (Fsp3) is 0.571. The Bertz CT molecular complexity index is 511. The predicted octanol–water partition coefficient (Wildman–Crippen LogP) is 4.20. The highest BCUT2D eigenvalue weighted by atomic mass is 32.2. The van der Waals surface area contributed by atoms with Crippen LogP contribution in [-0.2, 0) is 0 Å². The van der Waals surface area contributed by atoms with Crippen molar-refractivity contribution in [2.24, 2.45) is 0 Å². The minimum absolute atomic E-state index is 0.0778. The molecule has 1 aliphatic rings. The monoisotopic (exact) mass is 358 g/mol. The van der Waals surface area contributed by atoms with E-state index in [-0.39, 0.29) is 22.2 Å². The van der Waals surface area contributed by atoms with Crippen molar-refractivity contribution in [2.75, 3.05) is 26.2 Å². The van der Waals surface area contributed by atoms with Gasteiger partial charge in [-0.05, 0) is 23.4 Å². The third-order valence-electron chi connectivity index (χ3n) is 3.52. The smallest absolute Gasteiger partial charge is 0.314 e. The minimum Gasteiger partial charge on any atom is -0.314 e. The van der Waals surface area contributed by atoms with E-state index >= 15 is 0 Å². The third kappa shape index (κ3) is 5.89. The average molecular weight is 358 g/mol. The second-order valence-electron chi connectivity index (χ2n) is 5.21. The summed E-state index contributed by atoms with van der Waals surface area (Å²) >= 11 is -0.364. The zero-order valence-corrected chi connectivity index (χ0v) is 12.9. The molecule has 0 spiro atoms.